The fourth-order valence-electron chi connectivity index (χ4n) is 4.94. The monoisotopic (exact) mass is 783 g/mol. The summed E-state index contributed by atoms with van der Waals surface area (Å²) in [5, 5.41) is 3.01. The van der Waals surface area contributed by atoms with Crippen LogP contribution in [0.5, 0.6) is 5.75 Å². The molecule has 0 unspecified atom stereocenters. The Morgan fingerprint density at radius 3 is 2.13 bits per heavy atom. The van der Waals surface area contributed by atoms with Gasteiger partial charge in [0.2, 0.25) is 11.8 Å². The highest BCUT2D eigenvalue weighted by atomic mass is 79.9. The number of aryl methyl sites for hydroxylation is 1. The van der Waals surface area contributed by atoms with Gasteiger partial charge in [-0.2, -0.15) is 0 Å². The standard InChI is InChI=1S/C36H39Br2N3O5S/c1-25(2)22-39-36(43)33(20-27-8-6-5-7-9-27)40(23-28-12-14-29(37)15-13-28)35(42)24-41(30-16-10-26(3)11-17-30)47(44,45)31-18-19-34(46-4)32(38)21-31/h5-19,21,25,33H,20,22-24H2,1-4H3,(H,39,43)/t33-/m0/s1. The summed E-state index contributed by atoms with van der Waals surface area (Å²) in [6, 6.07) is 27.5. The molecule has 2 amide bonds. The van der Waals surface area contributed by atoms with E-state index in [0.717, 1.165) is 25.5 Å². The van der Waals surface area contributed by atoms with Crippen LogP contribution in [0, 0.1) is 12.8 Å². The lowest BCUT2D eigenvalue weighted by Gasteiger charge is -2.34. The molecule has 4 rings (SSSR count). The molecule has 0 aliphatic heterocycles. The predicted octanol–water partition coefficient (Wildman–Crippen LogP) is 7.14. The van der Waals surface area contributed by atoms with E-state index in [1.165, 1.54) is 24.1 Å². The van der Waals surface area contributed by atoms with Gasteiger partial charge in [0.1, 0.15) is 18.3 Å². The van der Waals surface area contributed by atoms with Gasteiger partial charge in [-0.25, -0.2) is 8.42 Å². The minimum atomic E-state index is -4.25. The first-order valence-electron chi connectivity index (χ1n) is 15.2. The number of sulfonamides is 1. The van der Waals surface area contributed by atoms with Gasteiger partial charge in [-0.15, -0.1) is 0 Å². The molecule has 248 valence electrons. The molecule has 0 radical (unpaired) electrons. The van der Waals surface area contributed by atoms with E-state index in [-0.39, 0.29) is 29.7 Å². The third kappa shape index (κ3) is 9.68. The van der Waals surface area contributed by atoms with Crippen LogP contribution in [0.4, 0.5) is 5.69 Å². The SMILES string of the molecule is COc1ccc(S(=O)(=O)N(CC(=O)N(Cc2ccc(Br)cc2)[C@@H](Cc2ccccc2)C(=O)NCC(C)C)c2ccc(C)cc2)cc1Br. The molecule has 1 atom stereocenters. The van der Waals surface area contributed by atoms with Crippen LogP contribution >= 0.6 is 31.9 Å². The Morgan fingerprint density at radius 2 is 1.53 bits per heavy atom. The van der Waals surface area contributed by atoms with Crippen molar-refractivity contribution in [2.45, 2.75) is 44.7 Å². The van der Waals surface area contributed by atoms with Gasteiger partial charge in [0.05, 0.1) is 22.2 Å². The van der Waals surface area contributed by atoms with Gasteiger partial charge < -0.3 is 15.0 Å². The lowest BCUT2D eigenvalue weighted by molar-refractivity contribution is -0.140. The Labute approximate surface area is 294 Å². The van der Waals surface area contributed by atoms with Gasteiger partial charge in [-0.1, -0.05) is 89.9 Å². The van der Waals surface area contributed by atoms with Crippen LogP contribution in [0.15, 0.2) is 111 Å². The number of nitrogens with one attached hydrogen (secondary N) is 1. The fraction of sp³-hybridized carbons (Fsp3) is 0.278. The van der Waals surface area contributed by atoms with E-state index >= 15 is 0 Å². The van der Waals surface area contributed by atoms with Crippen molar-refractivity contribution in [3.05, 3.63) is 123 Å². The smallest absolute Gasteiger partial charge is 0.264 e. The maximum absolute atomic E-state index is 14.6. The van der Waals surface area contributed by atoms with Crippen LogP contribution in [0.2, 0.25) is 0 Å². The van der Waals surface area contributed by atoms with E-state index in [0.29, 0.717) is 22.5 Å². The van der Waals surface area contributed by atoms with E-state index in [1.54, 1.807) is 30.3 Å². The third-order valence-corrected chi connectivity index (χ3v) is 10.5. The molecule has 0 heterocycles. The van der Waals surface area contributed by atoms with Gasteiger partial charge in [0.15, 0.2) is 0 Å². The zero-order valence-electron chi connectivity index (χ0n) is 26.8. The quantitative estimate of drug-likeness (QED) is 0.147. The van der Waals surface area contributed by atoms with E-state index in [1.807, 2.05) is 75.4 Å². The number of ether oxygens (including phenoxy) is 1. The Kier molecular flexibility index (Phi) is 12.6. The van der Waals surface area contributed by atoms with Crippen LogP contribution in [0.1, 0.15) is 30.5 Å². The highest BCUT2D eigenvalue weighted by Gasteiger charge is 2.35. The predicted molar refractivity (Wildman–Crippen MR) is 193 cm³/mol. The zero-order valence-corrected chi connectivity index (χ0v) is 30.8. The molecule has 4 aromatic rings. The van der Waals surface area contributed by atoms with Crippen molar-refractivity contribution in [2.75, 3.05) is 24.5 Å². The van der Waals surface area contributed by atoms with Crippen molar-refractivity contribution in [3.8, 4) is 5.75 Å². The average Bonchev–Trinajstić information content (AvgIpc) is 3.05. The molecule has 8 nitrogen and oxygen atoms in total. The summed E-state index contributed by atoms with van der Waals surface area (Å²) in [4.78, 5) is 29.9. The highest BCUT2D eigenvalue weighted by Crippen LogP contribution is 2.31. The first kappa shape index (κ1) is 36.2. The molecule has 0 fully saturated rings. The number of carbonyl (C=O) groups is 2. The van der Waals surface area contributed by atoms with Crippen LogP contribution in [0.25, 0.3) is 0 Å². The molecule has 0 aliphatic carbocycles. The van der Waals surface area contributed by atoms with Gasteiger partial charge >= 0.3 is 0 Å². The molecular weight excluding hydrogens is 746 g/mol. The summed E-state index contributed by atoms with van der Waals surface area (Å²) in [6.45, 7) is 5.89. The highest BCUT2D eigenvalue weighted by molar-refractivity contribution is 9.10. The van der Waals surface area contributed by atoms with Crippen LogP contribution < -0.4 is 14.4 Å². The molecule has 11 heteroatoms. The number of hydrogen-bond donors (Lipinski definition) is 1. The Balaban J connectivity index is 1.80. The van der Waals surface area contributed by atoms with Gasteiger partial charge in [0.25, 0.3) is 10.0 Å². The molecule has 0 saturated heterocycles. The second-order valence-electron chi connectivity index (χ2n) is 11.6. The Hall–Kier alpha value is -3.67. The minimum Gasteiger partial charge on any atom is -0.496 e. The summed E-state index contributed by atoms with van der Waals surface area (Å²) in [7, 11) is -2.76. The normalized spacial score (nSPS) is 12.0. The van der Waals surface area contributed by atoms with Crippen LogP contribution in [0.3, 0.4) is 0 Å². The van der Waals surface area contributed by atoms with Crippen molar-refractivity contribution in [3.63, 3.8) is 0 Å². The minimum absolute atomic E-state index is 0.0199. The summed E-state index contributed by atoms with van der Waals surface area (Å²) >= 11 is 6.85. The summed E-state index contributed by atoms with van der Waals surface area (Å²) in [6.07, 6.45) is 0.246. The molecular formula is C36H39Br2N3O5S. The molecule has 0 spiro atoms. The molecule has 0 aromatic heterocycles. The van der Waals surface area contributed by atoms with E-state index in [9.17, 15) is 18.0 Å². The van der Waals surface area contributed by atoms with E-state index in [4.69, 9.17) is 4.74 Å². The first-order valence-corrected chi connectivity index (χ1v) is 18.2. The van der Waals surface area contributed by atoms with Crippen LogP contribution in [-0.2, 0) is 32.6 Å². The Bertz CT molecular complexity index is 1770. The number of benzene rings is 4. The van der Waals surface area contributed by atoms with Gasteiger partial charge in [0, 0.05) is 24.0 Å². The van der Waals surface area contributed by atoms with Gasteiger partial charge in [-0.05, 0) is 82.4 Å². The van der Waals surface area contributed by atoms with E-state index in [2.05, 4.69) is 37.2 Å². The lowest BCUT2D eigenvalue weighted by Crippen LogP contribution is -2.53. The number of methoxy groups -OCH3 is 1. The third-order valence-electron chi connectivity index (χ3n) is 7.53. The molecule has 0 bridgehead atoms. The maximum Gasteiger partial charge on any atom is 0.264 e. The summed E-state index contributed by atoms with van der Waals surface area (Å²) in [5.41, 5.74) is 2.92. The van der Waals surface area contributed by atoms with E-state index < -0.39 is 28.5 Å². The van der Waals surface area contributed by atoms with Crippen molar-refractivity contribution in [1.29, 1.82) is 0 Å². The van der Waals surface area contributed by atoms with Gasteiger partial charge in [-0.3, -0.25) is 13.9 Å². The number of carbonyl (C=O) groups excluding carboxylic acids is 2. The molecule has 1 N–H and O–H groups in total. The second-order valence-corrected chi connectivity index (χ2v) is 15.3. The fourth-order valence-corrected chi connectivity index (χ4v) is 7.34. The summed E-state index contributed by atoms with van der Waals surface area (Å²) < 4.78 is 36.3. The first-order chi connectivity index (χ1) is 22.4. The maximum atomic E-state index is 14.6. The zero-order chi connectivity index (χ0) is 34.1. The molecule has 0 aliphatic rings. The number of nitrogens with zero attached hydrogens (tertiary/aromatic N) is 2. The number of rotatable bonds is 14. The van der Waals surface area contributed by atoms with Crippen molar-refractivity contribution in [2.24, 2.45) is 5.92 Å². The molecule has 4 aromatic carbocycles. The van der Waals surface area contributed by atoms with Crippen LogP contribution in [-0.4, -0.2) is 51.4 Å². The van der Waals surface area contributed by atoms with Crippen molar-refractivity contribution < 1.29 is 22.7 Å². The topological polar surface area (TPSA) is 96.0 Å². The lowest BCUT2D eigenvalue weighted by atomic mass is 10.0. The summed E-state index contributed by atoms with van der Waals surface area (Å²) in [5.74, 6) is -0.168. The number of amides is 2. The second kappa shape index (κ2) is 16.4. The largest absolute Gasteiger partial charge is 0.496 e. The number of hydrogen-bond acceptors (Lipinski definition) is 5. The van der Waals surface area contributed by atoms with Crippen molar-refractivity contribution in [1.82, 2.24) is 10.2 Å². The number of halogens is 2. The molecule has 47 heavy (non-hydrogen) atoms. The number of anilines is 1. The van der Waals surface area contributed by atoms with Crippen molar-refractivity contribution >= 4 is 59.4 Å². The Morgan fingerprint density at radius 1 is 0.872 bits per heavy atom. The average molecular weight is 786 g/mol. The molecule has 0 saturated carbocycles.